The molecule has 0 aliphatic heterocycles. The number of methoxy groups -OCH3 is 1. The summed E-state index contributed by atoms with van der Waals surface area (Å²) in [5.41, 5.74) is 0.346. The van der Waals surface area contributed by atoms with Crippen LogP contribution in [0.2, 0.25) is 0 Å². The molecular formula is C12H11Br2N5O2. The van der Waals surface area contributed by atoms with E-state index >= 15 is 0 Å². The second kappa shape index (κ2) is 6.81. The standard InChI is InChI=1S/C12H11Br2N5O2/c1-3-4-19-17-12(16-18-19)15-11(20)8-5-7(13)6-9(14)10(8)21-2/h3,5-6H,1,4H2,2H3,(H,15,17,20). The zero-order valence-electron chi connectivity index (χ0n) is 11.0. The molecule has 21 heavy (non-hydrogen) atoms. The highest BCUT2D eigenvalue weighted by molar-refractivity contribution is 9.11. The van der Waals surface area contributed by atoms with Crippen LogP contribution in [0, 0.1) is 0 Å². The van der Waals surface area contributed by atoms with Crippen molar-refractivity contribution in [3.8, 4) is 5.75 Å². The van der Waals surface area contributed by atoms with Crippen LogP contribution in [0.15, 0.2) is 33.7 Å². The number of halogens is 2. The molecule has 7 nitrogen and oxygen atoms in total. The molecule has 0 spiro atoms. The SMILES string of the molecule is C=CCn1nnc(NC(=O)c2cc(Br)cc(Br)c2OC)n1. The van der Waals surface area contributed by atoms with Crippen LogP contribution in [-0.2, 0) is 6.54 Å². The van der Waals surface area contributed by atoms with Gasteiger partial charge in [-0.25, -0.2) is 0 Å². The molecule has 0 saturated carbocycles. The third-order valence-corrected chi connectivity index (χ3v) is 3.47. The van der Waals surface area contributed by atoms with Crippen LogP contribution in [-0.4, -0.2) is 33.2 Å². The summed E-state index contributed by atoms with van der Waals surface area (Å²) < 4.78 is 6.63. The Balaban J connectivity index is 2.25. The fourth-order valence-corrected chi connectivity index (χ4v) is 2.98. The molecule has 0 radical (unpaired) electrons. The van der Waals surface area contributed by atoms with Crippen molar-refractivity contribution in [2.45, 2.75) is 6.54 Å². The lowest BCUT2D eigenvalue weighted by molar-refractivity contribution is 0.102. The molecule has 0 unspecified atom stereocenters. The summed E-state index contributed by atoms with van der Waals surface area (Å²) in [6.07, 6.45) is 1.63. The van der Waals surface area contributed by atoms with E-state index in [9.17, 15) is 4.79 Å². The van der Waals surface area contributed by atoms with Gasteiger partial charge in [0.05, 0.1) is 23.7 Å². The number of amides is 1. The van der Waals surface area contributed by atoms with Crippen LogP contribution in [0.25, 0.3) is 0 Å². The van der Waals surface area contributed by atoms with Gasteiger partial charge in [-0.05, 0) is 33.3 Å². The van der Waals surface area contributed by atoms with Gasteiger partial charge >= 0.3 is 0 Å². The third kappa shape index (κ3) is 3.67. The fourth-order valence-electron chi connectivity index (χ4n) is 1.59. The molecule has 110 valence electrons. The lowest BCUT2D eigenvalue weighted by Gasteiger charge is -2.10. The minimum atomic E-state index is -0.396. The van der Waals surface area contributed by atoms with Crippen LogP contribution >= 0.6 is 31.9 Å². The Hall–Kier alpha value is -1.74. The number of nitrogens with zero attached hydrogens (tertiary/aromatic N) is 4. The van der Waals surface area contributed by atoms with Crippen LogP contribution in [0.5, 0.6) is 5.75 Å². The predicted molar refractivity (Wildman–Crippen MR) is 84.4 cm³/mol. The number of rotatable bonds is 5. The average Bonchev–Trinajstić information content (AvgIpc) is 2.85. The minimum absolute atomic E-state index is 0.111. The molecule has 0 fully saturated rings. The zero-order chi connectivity index (χ0) is 15.4. The highest BCUT2D eigenvalue weighted by Crippen LogP contribution is 2.32. The van der Waals surface area contributed by atoms with Gasteiger partial charge in [0.2, 0.25) is 0 Å². The van der Waals surface area contributed by atoms with Crippen LogP contribution in [0.4, 0.5) is 5.95 Å². The summed E-state index contributed by atoms with van der Waals surface area (Å²) in [5, 5.41) is 14.1. The predicted octanol–water partition coefficient (Wildman–Crippen LogP) is 2.65. The van der Waals surface area contributed by atoms with E-state index in [1.165, 1.54) is 11.9 Å². The summed E-state index contributed by atoms with van der Waals surface area (Å²) in [7, 11) is 1.49. The van der Waals surface area contributed by atoms with Gasteiger partial charge in [0.15, 0.2) is 0 Å². The van der Waals surface area contributed by atoms with Gasteiger partial charge in [-0.1, -0.05) is 27.1 Å². The van der Waals surface area contributed by atoms with Crippen molar-refractivity contribution in [3.63, 3.8) is 0 Å². The number of allylic oxidation sites excluding steroid dienone is 1. The molecule has 1 aromatic carbocycles. The summed E-state index contributed by atoms with van der Waals surface area (Å²) in [5.74, 6) is 0.140. The van der Waals surface area contributed by atoms with Crippen molar-refractivity contribution in [1.82, 2.24) is 20.2 Å². The van der Waals surface area contributed by atoms with E-state index in [2.05, 4.69) is 59.2 Å². The van der Waals surface area contributed by atoms with E-state index in [-0.39, 0.29) is 5.95 Å². The number of tetrazole rings is 1. The largest absolute Gasteiger partial charge is 0.495 e. The molecule has 0 aliphatic rings. The number of hydrogen-bond donors (Lipinski definition) is 1. The first kappa shape index (κ1) is 15.6. The molecular weight excluding hydrogens is 406 g/mol. The van der Waals surface area contributed by atoms with Gasteiger partial charge in [0.25, 0.3) is 11.9 Å². The summed E-state index contributed by atoms with van der Waals surface area (Å²) >= 11 is 6.67. The van der Waals surface area contributed by atoms with Gasteiger partial charge < -0.3 is 4.74 Å². The summed E-state index contributed by atoms with van der Waals surface area (Å²) in [6, 6.07) is 3.43. The number of anilines is 1. The molecule has 0 bridgehead atoms. The molecule has 2 rings (SSSR count). The Bertz CT molecular complexity index is 686. The van der Waals surface area contributed by atoms with Gasteiger partial charge in [-0.2, -0.15) is 4.80 Å². The Morgan fingerprint density at radius 1 is 1.52 bits per heavy atom. The van der Waals surface area contributed by atoms with Gasteiger partial charge in [0, 0.05) is 4.47 Å². The number of carbonyl (C=O) groups excluding carboxylic acids is 1. The first-order chi connectivity index (χ1) is 10.0. The van der Waals surface area contributed by atoms with Gasteiger partial charge in [0.1, 0.15) is 5.75 Å². The van der Waals surface area contributed by atoms with Gasteiger partial charge in [-0.3, -0.25) is 10.1 Å². The Morgan fingerprint density at radius 2 is 2.29 bits per heavy atom. The second-order valence-corrected chi connectivity index (χ2v) is 5.65. The van der Waals surface area contributed by atoms with E-state index in [1.54, 1.807) is 18.2 Å². The van der Waals surface area contributed by atoms with E-state index in [0.717, 1.165) is 4.47 Å². The van der Waals surface area contributed by atoms with Crippen LogP contribution in [0.3, 0.4) is 0 Å². The molecule has 0 aliphatic carbocycles. The lowest BCUT2D eigenvalue weighted by Crippen LogP contribution is -2.15. The number of hydrogen-bond acceptors (Lipinski definition) is 5. The van der Waals surface area contributed by atoms with Crippen molar-refractivity contribution >= 4 is 43.7 Å². The molecule has 0 saturated heterocycles. The van der Waals surface area contributed by atoms with E-state index < -0.39 is 5.91 Å². The lowest BCUT2D eigenvalue weighted by atomic mass is 10.2. The summed E-state index contributed by atoms with van der Waals surface area (Å²) in [4.78, 5) is 13.6. The Kier molecular flexibility index (Phi) is 5.07. The first-order valence-corrected chi connectivity index (χ1v) is 7.37. The third-order valence-electron chi connectivity index (χ3n) is 2.43. The van der Waals surface area contributed by atoms with Gasteiger partial charge in [-0.15, -0.1) is 11.7 Å². The number of carbonyl (C=O) groups is 1. The normalized spacial score (nSPS) is 10.2. The molecule has 0 atom stereocenters. The number of benzene rings is 1. The highest BCUT2D eigenvalue weighted by atomic mass is 79.9. The second-order valence-electron chi connectivity index (χ2n) is 3.88. The number of aromatic nitrogens is 4. The molecule has 2 aromatic rings. The van der Waals surface area contributed by atoms with Crippen LogP contribution in [0.1, 0.15) is 10.4 Å². The van der Waals surface area contributed by atoms with Crippen molar-refractivity contribution in [1.29, 1.82) is 0 Å². The Labute approximate surface area is 137 Å². The van der Waals surface area contributed by atoms with Crippen molar-refractivity contribution in [2.75, 3.05) is 12.4 Å². The van der Waals surface area contributed by atoms with E-state index in [4.69, 9.17) is 4.74 Å². The molecule has 9 heteroatoms. The maximum absolute atomic E-state index is 12.3. The molecule has 1 amide bonds. The van der Waals surface area contributed by atoms with Crippen molar-refractivity contribution in [3.05, 3.63) is 39.3 Å². The fraction of sp³-hybridized carbons (Fsp3) is 0.167. The monoisotopic (exact) mass is 415 g/mol. The number of nitrogens with one attached hydrogen (secondary N) is 1. The smallest absolute Gasteiger partial charge is 0.270 e. The zero-order valence-corrected chi connectivity index (χ0v) is 14.2. The maximum Gasteiger partial charge on any atom is 0.270 e. The maximum atomic E-state index is 12.3. The Morgan fingerprint density at radius 3 is 2.95 bits per heavy atom. The highest BCUT2D eigenvalue weighted by Gasteiger charge is 2.18. The molecule has 1 N–H and O–H groups in total. The first-order valence-electron chi connectivity index (χ1n) is 5.78. The molecule has 1 aromatic heterocycles. The topological polar surface area (TPSA) is 81.9 Å². The van der Waals surface area contributed by atoms with Crippen LogP contribution < -0.4 is 10.1 Å². The average molecular weight is 417 g/mol. The van der Waals surface area contributed by atoms with Crippen molar-refractivity contribution in [2.24, 2.45) is 0 Å². The summed E-state index contributed by atoms with van der Waals surface area (Å²) in [6.45, 7) is 3.98. The van der Waals surface area contributed by atoms with Crippen molar-refractivity contribution < 1.29 is 9.53 Å². The quantitative estimate of drug-likeness (QED) is 0.757. The van der Waals surface area contributed by atoms with E-state index in [0.29, 0.717) is 22.3 Å². The number of ether oxygens (including phenoxy) is 1. The minimum Gasteiger partial charge on any atom is -0.495 e. The molecule has 1 heterocycles. The van der Waals surface area contributed by atoms with E-state index in [1.807, 2.05) is 0 Å².